The molecule has 0 heterocycles. The van der Waals surface area contributed by atoms with Gasteiger partial charge in [0.25, 0.3) is 0 Å². The molecule has 19 heavy (non-hydrogen) atoms. The smallest absolute Gasteiger partial charge is 0.332 e. The van der Waals surface area contributed by atoms with Crippen molar-refractivity contribution in [3.8, 4) is 0 Å². The van der Waals surface area contributed by atoms with Gasteiger partial charge in [0.1, 0.15) is 0 Å². The standard InChI is InChI=1S/C13H15BrClNO3/c1-19-7-13(12(17)18,8-2-3-8)16-9-4-5-11(15)10(14)6-9/h4-6,8,16H,2-3,7H2,1H3,(H,17,18). The molecule has 1 atom stereocenters. The normalized spacial score (nSPS) is 17.8. The molecule has 0 radical (unpaired) electrons. The lowest BCUT2D eigenvalue weighted by Gasteiger charge is -2.31. The number of hydrogen-bond acceptors (Lipinski definition) is 3. The van der Waals surface area contributed by atoms with E-state index in [0.717, 1.165) is 17.3 Å². The minimum absolute atomic E-state index is 0.0967. The van der Waals surface area contributed by atoms with Crippen molar-refractivity contribution >= 4 is 39.2 Å². The zero-order valence-electron chi connectivity index (χ0n) is 10.5. The Bertz CT molecular complexity index is 493. The molecule has 1 aliphatic rings. The zero-order valence-corrected chi connectivity index (χ0v) is 12.8. The maximum Gasteiger partial charge on any atom is 0.332 e. The van der Waals surface area contributed by atoms with Gasteiger partial charge in [-0.05, 0) is 52.9 Å². The third-order valence-electron chi connectivity index (χ3n) is 3.31. The number of hydrogen-bond donors (Lipinski definition) is 2. The van der Waals surface area contributed by atoms with Gasteiger partial charge >= 0.3 is 5.97 Å². The Morgan fingerprint density at radius 2 is 2.32 bits per heavy atom. The van der Waals surface area contributed by atoms with E-state index in [1.54, 1.807) is 18.2 Å². The average molecular weight is 349 g/mol. The Morgan fingerprint density at radius 1 is 1.63 bits per heavy atom. The highest BCUT2D eigenvalue weighted by molar-refractivity contribution is 9.10. The number of aliphatic carboxylic acids is 1. The highest BCUT2D eigenvalue weighted by atomic mass is 79.9. The quantitative estimate of drug-likeness (QED) is 0.827. The van der Waals surface area contributed by atoms with Crippen LogP contribution in [0, 0.1) is 5.92 Å². The molecule has 1 aliphatic carbocycles. The minimum Gasteiger partial charge on any atom is -0.479 e. The second-order valence-electron chi connectivity index (χ2n) is 4.74. The molecular weight excluding hydrogens is 334 g/mol. The first-order valence-corrected chi connectivity index (χ1v) is 7.12. The molecule has 1 unspecified atom stereocenters. The average Bonchev–Trinajstić information content (AvgIpc) is 3.17. The van der Waals surface area contributed by atoms with Crippen molar-refractivity contribution in [3.63, 3.8) is 0 Å². The molecule has 0 saturated heterocycles. The maximum absolute atomic E-state index is 11.7. The lowest BCUT2D eigenvalue weighted by atomic mass is 9.93. The van der Waals surface area contributed by atoms with Crippen LogP contribution < -0.4 is 5.32 Å². The first-order chi connectivity index (χ1) is 8.99. The van der Waals surface area contributed by atoms with Crippen LogP contribution in [0.25, 0.3) is 0 Å². The van der Waals surface area contributed by atoms with Gasteiger partial charge in [0, 0.05) is 17.3 Å². The van der Waals surface area contributed by atoms with E-state index in [9.17, 15) is 9.90 Å². The third kappa shape index (κ3) is 3.04. The van der Waals surface area contributed by atoms with Crippen molar-refractivity contribution in [1.29, 1.82) is 0 Å². The molecule has 0 spiro atoms. The fourth-order valence-corrected chi connectivity index (χ4v) is 2.68. The molecule has 1 saturated carbocycles. The van der Waals surface area contributed by atoms with E-state index in [4.69, 9.17) is 16.3 Å². The molecule has 1 aromatic carbocycles. The Labute approximate surface area is 125 Å². The van der Waals surface area contributed by atoms with Crippen molar-refractivity contribution in [2.75, 3.05) is 19.0 Å². The summed E-state index contributed by atoms with van der Waals surface area (Å²) in [6.07, 6.45) is 1.80. The van der Waals surface area contributed by atoms with Gasteiger partial charge in [-0.2, -0.15) is 0 Å². The molecule has 4 nitrogen and oxygen atoms in total. The van der Waals surface area contributed by atoms with Crippen LogP contribution in [0.5, 0.6) is 0 Å². The summed E-state index contributed by atoms with van der Waals surface area (Å²) >= 11 is 9.27. The molecule has 0 bridgehead atoms. The van der Waals surface area contributed by atoms with Crippen molar-refractivity contribution in [1.82, 2.24) is 0 Å². The van der Waals surface area contributed by atoms with Crippen LogP contribution in [0.4, 0.5) is 5.69 Å². The van der Waals surface area contributed by atoms with Crippen molar-refractivity contribution in [2.45, 2.75) is 18.4 Å². The summed E-state index contributed by atoms with van der Waals surface area (Å²) in [7, 11) is 1.51. The summed E-state index contributed by atoms with van der Waals surface area (Å²) in [6, 6.07) is 5.27. The van der Waals surface area contributed by atoms with Crippen LogP contribution in [0.2, 0.25) is 5.02 Å². The van der Waals surface area contributed by atoms with Crippen LogP contribution in [-0.4, -0.2) is 30.3 Å². The van der Waals surface area contributed by atoms with Crippen LogP contribution in [0.3, 0.4) is 0 Å². The first kappa shape index (κ1) is 14.6. The number of anilines is 1. The van der Waals surface area contributed by atoms with Gasteiger partial charge < -0.3 is 15.2 Å². The zero-order chi connectivity index (χ0) is 14.0. The van der Waals surface area contributed by atoms with Crippen LogP contribution in [-0.2, 0) is 9.53 Å². The van der Waals surface area contributed by atoms with Gasteiger partial charge in [-0.25, -0.2) is 4.79 Å². The van der Waals surface area contributed by atoms with E-state index in [0.29, 0.717) is 10.7 Å². The van der Waals surface area contributed by atoms with Crippen molar-refractivity contribution in [3.05, 3.63) is 27.7 Å². The summed E-state index contributed by atoms with van der Waals surface area (Å²) in [6.45, 7) is 0.132. The van der Waals surface area contributed by atoms with Crippen molar-refractivity contribution in [2.24, 2.45) is 5.92 Å². The predicted molar refractivity (Wildman–Crippen MR) is 77.7 cm³/mol. The van der Waals surface area contributed by atoms with Gasteiger partial charge in [0.15, 0.2) is 5.54 Å². The fourth-order valence-electron chi connectivity index (χ4n) is 2.18. The number of rotatable bonds is 6. The van der Waals surface area contributed by atoms with Gasteiger partial charge in [0.2, 0.25) is 0 Å². The van der Waals surface area contributed by atoms with Gasteiger partial charge in [-0.1, -0.05) is 11.6 Å². The Kier molecular flexibility index (Phi) is 4.38. The lowest BCUT2D eigenvalue weighted by Crippen LogP contribution is -2.52. The van der Waals surface area contributed by atoms with Crippen LogP contribution in [0.1, 0.15) is 12.8 Å². The number of nitrogens with one attached hydrogen (secondary N) is 1. The Hall–Kier alpha value is -0.780. The van der Waals surface area contributed by atoms with E-state index in [2.05, 4.69) is 21.2 Å². The molecule has 0 aromatic heterocycles. The fraction of sp³-hybridized carbons (Fsp3) is 0.462. The number of benzene rings is 1. The Balaban J connectivity index is 2.28. The second-order valence-corrected chi connectivity index (χ2v) is 6.00. The number of carboxylic acids is 1. The van der Waals surface area contributed by atoms with Crippen LogP contribution >= 0.6 is 27.5 Å². The molecule has 1 aromatic rings. The third-order valence-corrected chi connectivity index (χ3v) is 4.53. The van der Waals surface area contributed by atoms with E-state index in [1.165, 1.54) is 7.11 Å². The second kappa shape index (κ2) is 5.69. The van der Waals surface area contributed by atoms with E-state index in [-0.39, 0.29) is 12.5 Å². The van der Waals surface area contributed by atoms with E-state index >= 15 is 0 Å². The van der Waals surface area contributed by atoms with Gasteiger partial charge in [0.05, 0.1) is 11.6 Å². The molecule has 1 fully saturated rings. The molecule has 0 amide bonds. The van der Waals surface area contributed by atoms with Crippen molar-refractivity contribution < 1.29 is 14.6 Å². The number of ether oxygens (including phenoxy) is 1. The molecule has 6 heteroatoms. The summed E-state index contributed by atoms with van der Waals surface area (Å²) in [4.78, 5) is 11.7. The van der Waals surface area contributed by atoms with E-state index < -0.39 is 11.5 Å². The largest absolute Gasteiger partial charge is 0.479 e. The maximum atomic E-state index is 11.7. The van der Waals surface area contributed by atoms with Gasteiger partial charge in [-0.15, -0.1) is 0 Å². The highest BCUT2D eigenvalue weighted by Crippen LogP contribution is 2.42. The molecule has 0 aliphatic heterocycles. The monoisotopic (exact) mass is 347 g/mol. The number of methoxy groups -OCH3 is 1. The summed E-state index contributed by atoms with van der Waals surface area (Å²) < 4.78 is 5.84. The lowest BCUT2D eigenvalue weighted by molar-refractivity contribution is -0.145. The summed E-state index contributed by atoms with van der Waals surface area (Å²) in [5.74, 6) is -0.790. The number of halogens is 2. The van der Waals surface area contributed by atoms with E-state index in [1.807, 2.05) is 0 Å². The SMILES string of the molecule is COCC(Nc1ccc(Cl)c(Br)c1)(C(=O)O)C1CC1. The predicted octanol–water partition coefficient (Wildman–Crippen LogP) is 3.39. The summed E-state index contributed by atoms with van der Waals surface area (Å²) in [5.41, 5.74) is -0.357. The topological polar surface area (TPSA) is 58.6 Å². The number of carboxylic acid groups (broad SMARTS) is 1. The number of carbonyl (C=O) groups is 1. The molecule has 104 valence electrons. The molecule has 2 N–H and O–H groups in total. The summed E-state index contributed by atoms with van der Waals surface area (Å²) in [5, 5.41) is 13.3. The Morgan fingerprint density at radius 3 is 2.79 bits per heavy atom. The first-order valence-electron chi connectivity index (χ1n) is 5.95. The van der Waals surface area contributed by atoms with Gasteiger partial charge in [-0.3, -0.25) is 0 Å². The minimum atomic E-state index is -1.07. The highest BCUT2D eigenvalue weighted by Gasteiger charge is 2.51. The van der Waals surface area contributed by atoms with Crippen LogP contribution in [0.15, 0.2) is 22.7 Å². The molecular formula is C13H15BrClNO3. The molecule has 2 rings (SSSR count).